The van der Waals surface area contributed by atoms with Gasteiger partial charge in [0, 0.05) is 33.4 Å². The minimum Gasteiger partial charge on any atom is -0.208 e. The first-order valence-electron chi connectivity index (χ1n) is 17.3. The van der Waals surface area contributed by atoms with Crippen LogP contribution in [0.1, 0.15) is 18.1 Å². The Morgan fingerprint density at radius 1 is 0.315 bits per heavy atom. The lowest BCUT2D eigenvalue weighted by Gasteiger charge is -2.33. The van der Waals surface area contributed by atoms with Gasteiger partial charge in [-0.2, -0.15) is 13.2 Å². The maximum Gasteiger partial charge on any atom is 0.402 e. The van der Waals surface area contributed by atoms with Gasteiger partial charge in [0.2, 0.25) is 0 Å². The zero-order chi connectivity index (χ0) is 37.1. The molecule has 0 amide bonds. The van der Waals surface area contributed by atoms with Crippen LogP contribution in [-0.2, 0) is 5.41 Å². The van der Waals surface area contributed by atoms with Crippen LogP contribution in [0.25, 0.3) is 68.3 Å². The van der Waals surface area contributed by atoms with Crippen molar-refractivity contribution in [3.63, 3.8) is 0 Å². The number of benzene rings is 6. The van der Waals surface area contributed by atoms with Gasteiger partial charge in [0.05, 0.1) is 0 Å². The zero-order valence-corrected chi connectivity index (χ0v) is 29.0. The largest absolute Gasteiger partial charge is 0.402 e. The molecule has 8 aromatic rings. The summed E-state index contributed by atoms with van der Waals surface area (Å²) >= 11 is 0. The normalized spacial score (nSPS) is 11.7. The molecule has 0 aliphatic rings. The van der Waals surface area contributed by atoms with E-state index in [-0.39, 0.29) is 22.8 Å². The molecule has 54 heavy (non-hydrogen) atoms. The molecular formula is C45H31F3N6. The van der Waals surface area contributed by atoms with Crippen molar-refractivity contribution in [2.75, 3.05) is 0 Å². The molecular weight excluding hydrogens is 682 g/mol. The highest BCUT2D eigenvalue weighted by molar-refractivity contribution is 5.69. The van der Waals surface area contributed by atoms with Crippen LogP contribution in [0.4, 0.5) is 13.2 Å². The summed E-state index contributed by atoms with van der Waals surface area (Å²) in [5, 5.41) is 0. The summed E-state index contributed by atoms with van der Waals surface area (Å²) in [7, 11) is 0. The molecule has 0 radical (unpaired) electrons. The Hall–Kier alpha value is -6.87. The first-order chi connectivity index (χ1) is 26.3. The molecule has 0 aliphatic heterocycles. The van der Waals surface area contributed by atoms with Crippen molar-refractivity contribution in [1.29, 1.82) is 0 Å². The van der Waals surface area contributed by atoms with Gasteiger partial charge in [-0.1, -0.05) is 158 Å². The Balaban J connectivity index is 1.25. The van der Waals surface area contributed by atoms with Crippen molar-refractivity contribution in [3.8, 4) is 68.3 Å². The monoisotopic (exact) mass is 712 g/mol. The molecule has 0 unspecified atom stereocenters. The summed E-state index contributed by atoms with van der Waals surface area (Å²) < 4.78 is 46.8. The molecule has 0 spiro atoms. The van der Waals surface area contributed by atoms with Crippen molar-refractivity contribution < 1.29 is 13.2 Å². The summed E-state index contributed by atoms with van der Waals surface area (Å²) in [6.45, 7) is 1.20. The van der Waals surface area contributed by atoms with Crippen LogP contribution in [0, 0.1) is 0 Å². The van der Waals surface area contributed by atoms with E-state index in [1.807, 2.05) is 121 Å². The Morgan fingerprint density at radius 2 is 0.556 bits per heavy atom. The maximum absolute atomic E-state index is 15.6. The number of nitrogens with zero attached hydrogens (tertiary/aromatic N) is 6. The fourth-order valence-corrected chi connectivity index (χ4v) is 6.31. The van der Waals surface area contributed by atoms with Crippen LogP contribution in [0.2, 0.25) is 0 Å². The molecule has 9 heteroatoms. The Labute approximate surface area is 310 Å². The standard InChI is InChI=1S/C45H31F3N6/c1-44(45(46,47)48,36-26-14-24-34(28-36)42-51-38(30-16-6-2-7-17-30)49-39(52-42)31-18-8-3-9-19-31)37-27-15-25-35(29-37)43-53-40(32-20-10-4-11-21-32)50-41(54-43)33-22-12-5-13-23-33/h2-29H,1H3. The van der Waals surface area contributed by atoms with E-state index < -0.39 is 11.6 Å². The lowest BCUT2D eigenvalue weighted by atomic mass is 9.74. The molecule has 0 N–H and O–H groups in total. The number of alkyl halides is 3. The summed E-state index contributed by atoms with van der Waals surface area (Å²) in [5.41, 5.74) is 1.50. The number of rotatable bonds is 8. The number of halogens is 3. The van der Waals surface area contributed by atoms with Gasteiger partial charge in [0.1, 0.15) is 5.41 Å². The second kappa shape index (κ2) is 14.3. The molecule has 0 atom stereocenters. The number of aromatic nitrogens is 6. The summed E-state index contributed by atoms with van der Waals surface area (Å²) in [6, 6.07) is 50.4. The van der Waals surface area contributed by atoms with Gasteiger partial charge in [-0.15, -0.1) is 0 Å². The Morgan fingerprint density at radius 3 is 0.815 bits per heavy atom. The van der Waals surface area contributed by atoms with E-state index in [4.69, 9.17) is 29.9 Å². The Kier molecular flexibility index (Phi) is 9.05. The van der Waals surface area contributed by atoms with Crippen LogP contribution in [0.15, 0.2) is 170 Å². The second-order valence-corrected chi connectivity index (χ2v) is 12.9. The number of hydrogen-bond donors (Lipinski definition) is 0. The van der Waals surface area contributed by atoms with Crippen LogP contribution < -0.4 is 0 Å². The van der Waals surface area contributed by atoms with E-state index in [9.17, 15) is 0 Å². The lowest BCUT2D eigenvalue weighted by molar-refractivity contribution is -0.173. The van der Waals surface area contributed by atoms with E-state index in [1.165, 1.54) is 31.2 Å². The molecule has 0 bridgehead atoms. The fourth-order valence-electron chi connectivity index (χ4n) is 6.31. The third-order valence-corrected chi connectivity index (χ3v) is 9.36. The quantitative estimate of drug-likeness (QED) is 0.156. The third kappa shape index (κ3) is 6.75. The SMILES string of the molecule is CC(c1cccc(-c2nc(-c3ccccc3)nc(-c3ccccc3)n2)c1)(c1cccc(-c2nc(-c3ccccc3)nc(-c3ccccc3)n2)c1)C(F)(F)F. The molecule has 0 fully saturated rings. The summed E-state index contributed by atoms with van der Waals surface area (Å²) in [4.78, 5) is 28.5. The molecule has 0 aliphatic carbocycles. The van der Waals surface area contributed by atoms with Crippen LogP contribution >= 0.6 is 0 Å². The van der Waals surface area contributed by atoms with Gasteiger partial charge >= 0.3 is 6.18 Å². The molecule has 2 heterocycles. The van der Waals surface area contributed by atoms with Crippen LogP contribution in [0.3, 0.4) is 0 Å². The maximum atomic E-state index is 15.6. The minimum absolute atomic E-state index is 0.0261. The smallest absolute Gasteiger partial charge is 0.208 e. The highest BCUT2D eigenvalue weighted by Gasteiger charge is 2.53. The van der Waals surface area contributed by atoms with Gasteiger partial charge in [-0.25, -0.2) is 29.9 Å². The average molecular weight is 713 g/mol. The van der Waals surface area contributed by atoms with Gasteiger partial charge < -0.3 is 0 Å². The van der Waals surface area contributed by atoms with Crippen molar-refractivity contribution in [1.82, 2.24) is 29.9 Å². The highest BCUT2D eigenvalue weighted by atomic mass is 19.4. The van der Waals surface area contributed by atoms with E-state index in [0.29, 0.717) is 34.4 Å². The molecule has 0 saturated carbocycles. The van der Waals surface area contributed by atoms with Gasteiger partial charge in [-0.3, -0.25) is 0 Å². The van der Waals surface area contributed by atoms with Gasteiger partial charge in [-0.05, 0) is 30.2 Å². The topological polar surface area (TPSA) is 77.3 Å². The fraction of sp³-hybridized carbons (Fsp3) is 0.0667. The third-order valence-electron chi connectivity index (χ3n) is 9.36. The molecule has 2 aromatic heterocycles. The van der Waals surface area contributed by atoms with Crippen molar-refractivity contribution in [3.05, 3.63) is 181 Å². The summed E-state index contributed by atoms with van der Waals surface area (Å²) in [5.74, 6) is 2.18. The highest BCUT2D eigenvalue weighted by Crippen LogP contribution is 2.47. The van der Waals surface area contributed by atoms with E-state index >= 15 is 13.2 Å². The first kappa shape index (κ1) is 34.2. The Bertz CT molecular complexity index is 2260. The molecule has 262 valence electrons. The minimum atomic E-state index is -4.70. The van der Waals surface area contributed by atoms with Crippen molar-refractivity contribution in [2.45, 2.75) is 18.5 Å². The number of hydrogen-bond acceptors (Lipinski definition) is 6. The first-order valence-corrected chi connectivity index (χ1v) is 17.3. The predicted molar refractivity (Wildman–Crippen MR) is 205 cm³/mol. The second-order valence-electron chi connectivity index (χ2n) is 12.9. The van der Waals surface area contributed by atoms with E-state index in [1.54, 1.807) is 24.3 Å². The van der Waals surface area contributed by atoms with Crippen LogP contribution in [0.5, 0.6) is 0 Å². The molecule has 8 rings (SSSR count). The van der Waals surface area contributed by atoms with E-state index in [2.05, 4.69) is 0 Å². The van der Waals surface area contributed by atoms with E-state index in [0.717, 1.165) is 22.3 Å². The van der Waals surface area contributed by atoms with Crippen molar-refractivity contribution >= 4 is 0 Å². The van der Waals surface area contributed by atoms with Gasteiger partial charge in [0.15, 0.2) is 34.9 Å². The van der Waals surface area contributed by atoms with Gasteiger partial charge in [0.25, 0.3) is 0 Å². The molecule has 0 saturated heterocycles. The molecule has 6 aromatic carbocycles. The average Bonchev–Trinajstić information content (AvgIpc) is 3.24. The zero-order valence-electron chi connectivity index (χ0n) is 29.0. The summed E-state index contributed by atoms with van der Waals surface area (Å²) in [6.07, 6.45) is -4.70. The molecule has 6 nitrogen and oxygen atoms in total. The van der Waals surface area contributed by atoms with Crippen molar-refractivity contribution in [2.24, 2.45) is 0 Å². The predicted octanol–water partition coefficient (Wildman–Crippen LogP) is 10.9. The van der Waals surface area contributed by atoms with Crippen LogP contribution in [-0.4, -0.2) is 36.1 Å². The lowest BCUT2D eigenvalue weighted by Crippen LogP contribution is -2.40.